The fourth-order valence-corrected chi connectivity index (χ4v) is 8.17. The first-order chi connectivity index (χ1) is 26.7. The van der Waals surface area contributed by atoms with Gasteiger partial charge in [0, 0.05) is 44.3 Å². The van der Waals surface area contributed by atoms with E-state index in [1.807, 2.05) is 12.3 Å². The number of fused-ring (bicyclic) bond motifs is 9. The van der Waals surface area contributed by atoms with Gasteiger partial charge in [0.2, 0.25) is 0 Å². The Hall–Kier alpha value is -7.23. The van der Waals surface area contributed by atoms with Crippen molar-refractivity contribution >= 4 is 65.0 Å². The molecule has 0 aliphatic carbocycles. The first kappa shape index (κ1) is 30.4. The second-order valence-corrected chi connectivity index (χ2v) is 14.0. The van der Waals surface area contributed by atoms with E-state index < -0.39 is 0 Å². The summed E-state index contributed by atoms with van der Waals surface area (Å²) in [5.41, 5.74) is 11.7. The molecule has 0 aliphatic rings. The molecule has 8 aromatic carbocycles. The zero-order valence-electron chi connectivity index (χ0n) is 29.2. The van der Waals surface area contributed by atoms with Crippen LogP contribution in [0.2, 0.25) is 0 Å². The maximum Gasteiger partial charge on any atom is 0.0972 e. The van der Waals surface area contributed by atoms with Crippen LogP contribution in [-0.4, -0.2) is 15.0 Å². The standard InChI is InChI=1S/C51H31N3/c1-2-9-39-30-40(26-19-32(39)8-1)49-45-31-44(41-11-3-4-12-42(41)48(45)43-13-5-6-14-47(43)54-49)35-20-15-33(16-21-35)34-17-22-36(23-18-34)46-28-27-38-25-24-37-10-7-29-52-50(37)51(38)53-46/h1-31H. The fraction of sp³-hybridized carbons (Fsp3) is 0. The molecule has 0 bridgehead atoms. The summed E-state index contributed by atoms with van der Waals surface area (Å²) in [4.78, 5) is 15.0. The molecule has 0 unspecified atom stereocenters. The quantitative estimate of drug-likeness (QED) is 0.173. The molecule has 0 radical (unpaired) electrons. The molecule has 0 fully saturated rings. The van der Waals surface area contributed by atoms with Gasteiger partial charge in [-0.1, -0.05) is 152 Å². The van der Waals surface area contributed by atoms with Crippen molar-refractivity contribution in [3.05, 3.63) is 188 Å². The van der Waals surface area contributed by atoms with Crippen LogP contribution in [0, 0.1) is 0 Å². The summed E-state index contributed by atoms with van der Waals surface area (Å²) in [7, 11) is 0. The maximum atomic E-state index is 5.33. The van der Waals surface area contributed by atoms with Gasteiger partial charge in [0.15, 0.2) is 0 Å². The smallest absolute Gasteiger partial charge is 0.0972 e. The molecule has 0 amide bonds. The van der Waals surface area contributed by atoms with Crippen LogP contribution >= 0.6 is 0 Å². The maximum absolute atomic E-state index is 5.33. The van der Waals surface area contributed by atoms with Crippen LogP contribution in [0.4, 0.5) is 0 Å². The second kappa shape index (κ2) is 12.2. The van der Waals surface area contributed by atoms with E-state index in [2.05, 4.69) is 181 Å². The minimum atomic E-state index is 0.930. The summed E-state index contributed by atoms with van der Waals surface area (Å²) < 4.78 is 0. The molecule has 0 aliphatic heterocycles. The predicted molar refractivity (Wildman–Crippen MR) is 227 cm³/mol. The highest BCUT2D eigenvalue weighted by atomic mass is 14.8. The van der Waals surface area contributed by atoms with Crippen molar-refractivity contribution in [3.8, 4) is 44.8 Å². The molecule has 3 heteroatoms. The molecule has 0 saturated carbocycles. The third kappa shape index (κ3) is 4.94. The molecule has 11 rings (SSSR count). The summed E-state index contributed by atoms with van der Waals surface area (Å²) in [6, 6.07) is 65.1. The van der Waals surface area contributed by atoms with Gasteiger partial charge >= 0.3 is 0 Å². The van der Waals surface area contributed by atoms with Gasteiger partial charge < -0.3 is 0 Å². The molecule has 0 spiro atoms. The van der Waals surface area contributed by atoms with Gasteiger partial charge in [-0.15, -0.1) is 0 Å². The summed E-state index contributed by atoms with van der Waals surface area (Å²) >= 11 is 0. The Morgan fingerprint density at radius 1 is 0.333 bits per heavy atom. The molecular weight excluding hydrogens is 655 g/mol. The third-order valence-corrected chi connectivity index (χ3v) is 10.9. The Kier molecular flexibility index (Phi) is 6.86. The lowest BCUT2D eigenvalue weighted by molar-refractivity contribution is 1.37. The van der Waals surface area contributed by atoms with Crippen molar-refractivity contribution in [1.29, 1.82) is 0 Å². The van der Waals surface area contributed by atoms with Crippen LogP contribution in [0.3, 0.4) is 0 Å². The Balaban J connectivity index is 1.01. The fourth-order valence-electron chi connectivity index (χ4n) is 8.17. The van der Waals surface area contributed by atoms with Crippen LogP contribution in [0.1, 0.15) is 0 Å². The van der Waals surface area contributed by atoms with Crippen LogP contribution in [0.5, 0.6) is 0 Å². The van der Waals surface area contributed by atoms with E-state index in [-0.39, 0.29) is 0 Å². The summed E-state index contributed by atoms with van der Waals surface area (Å²) in [6.07, 6.45) is 1.83. The molecule has 3 heterocycles. The number of hydrogen-bond donors (Lipinski definition) is 0. The predicted octanol–water partition coefficient (Wildman–Crippen LogP) is 13.5. The summed E-state index contributed by atoms with van der Waals surface area (Å²) in [6.45, 7) is 0. The summed E-state index contributed by atoms with van der Waals surface area (Å²) in [5.74, 6) is 0. The lowest BCUT2D eigenvalue weighted by Gasteiger charge is -2.16. The van der Waals surface area contributed by atoms with Gasteiger partial charge in [0.1, 0.15) is 0 Å². The van der Waals surface area contributed by atoms with E-state index in [1.165, 1.54) is 49.0 Å². The average molecular weight is 686 g/mol. The topological polar surface area (TPSA) is 38.7 Å². The monoisotopic (exact) mass is 685 g/mol. The number of hydrogen-bond acceptors (Lipinski definition) is 3. The lowest BCUT2D eigenvalue weighted by atomic mass is 9.89. The largest absolute Gasteiger partial charge is 0.254 e. The Labute approximate surface area is 311 Å². The van der Waals surface area contributed by atoms with Gasteiger partial charge in [-0.2, -0.15) is 0 Å². The van der Waals surface area contributed by atoms with Crippen molar-refractivity contribution in [2.75, 3.05) is 0 Å². The zero-order valence-corrected chi connectivity index (χ0v) is 29.2. The number of rotatable bonds is 4. The molecule has 11 aromatic rings. The van der Waals surface area contributed by atoms with Crippen molar-refractivity contribution in [1.82, 2.24) is 15.0 Å². The van der Waals surface area contributed by atoms with E-state index in [0.29, 0.717) is 0 Å². The number of benzene rings is 8. The molecule has 250 valence electrons. The highest BCUT2D eigenvalue weighted by Gasteiger charge is 2.17. The normalized spacial score (nSPS) is 11.7. The highest BCUT2D eigenvalue weighted by Crippen LogP contribution is 2.42. The van der Waals surface area contributed by atoms with E-state index in [9.17, 15) is 0 Å². The van der Waals surface area contributed by atoms with Gasteiger partial charge in [-0.25, -0.2) is 9.97 Å². The van der Waals surface area contributed by atoms with Crippen molar-refractivity contribution in [3.63, 3.8) is 0 Å². The Morgan fingerprint density at radius 3 is 1.74 bits per heavy atom. The highest BCUT2D eigenvalue weighted by molar-refractivity contribution is 6.25. The van der Waals surface area contributed by atoms with Gasteiger partial charge in [-0.3, -0.25) is 4.98 Å². The molecular formula is C51H31N3. The van der Waals surface area contributed by atoms with Crippen molar-refractivity contribution in [2.45, 2.75) is 0 Å². The van der Waals surface area contributed by atoms with Gasteiger partial charge in [0.25, 0.3) is 0 Å². The first-order valence-electron chi connectivity index (χ1n) is 18.3. The third-order valence-electron chi connectivity index (χ3n) is 10.9. The molecule has 54 heavy (non-hydrogen) atoms. The average Bonchev–Trinajstić information content (AvgIpc) is 3.25. The van der Waals surface area contributed by atoms with Crippen molar-refractivity contribution in [2.24, 2.45) is 0 Å². The van der Waals surface area contributed by atoms with E-state index >= 15 is 0 Å². The molecule has 3 nitrogen and oxygen atoms in total. The van der Waals surface area contributed by atoms with Crippen LogP contribution in [-0.2, 0) is 0 Å². The molecule has 0 saturated heterocycles. The second-order valence-electron chi connectivity index (χ2n) is 14.0. The van der Waals surface area contributed by atoms with Gasteiger partial charge in [0.05, 0.1) is 27.9 Å². The van der Waals surface area contributed by atoms with E-state index in [4.69, 9.17) is 9.97 Å². The minimum absolute atomic E-state index is 0.930. The van der Waals surface area contributed by atoms with Crippen LogP contribution in [0.25, 0.3) is 110 Å². The van der Waals surface area contributed by atoms with Crippen LogP contribution in [0.15, 0.2) is 188 Å². The summed E-state index contributed by atoms with van der Waals surface area (Å²) in [5, 5.41) is 10.7. The number of pyridine rings is 3. The lowest BCUT2D eigenvalue weighted by Crippen LogP contribution is -1.93. The minimum Gasteiger partial charge on any atom is -0.254 e. The van der Waals surface area contributed by atoms with E-state index in [0.717, 1.165) is 60.8 Å². The zero-order chi connectivity index (χ0) is 35.6. The first-order valence-corrected chi connectivity index (χ1v) is 18.3. The number of nitrogens with zero attached hydrogens (tertiary/aromatic N) is 3. The molecule has 0 atom stereocenters. The molecule has 0 N–H and O–H groups in total. The number of aromatic nitrogens is 3. The van der Waals surface area contributed by atoms with Crippen molar-refractivity contribution < 1.29 is 0 Å². The Morgan fingerprint density at radius 2 is 0.926 bits per heavy atom. The van der Waals surface area contributed by atoms with E-state index in [1.54, 1.807) is 0 Å². The Bertz CT molecular complexity index is 3260. The SMILES string of the molecule is c1ccc2cc(-c3nc4ccccc4c4c3cc(-c3ccc(-c5ccc(-c6ccc7ccc8cccnc8c7n6)cc5)cc3)c3ccccc34)ccc2c1. The molecule has 3 aromatic heterocycles. The van der Waals surface area contributed by atoms with Crippen LogP contribution < -0.4 is 0 Å². The number of para-hydroxylation sites is 1. The van der Waals surface area contributed by atoms with Gasteiger partial charge in [-0.05, 0) is 74.1 Å².